The van der Waals surface area contributed by atoms with Crippen LogP contribution in [0.1, 0.15) is 6.92 Å². The largest absolute Gasteiger partial charge is 0.494 e. The van der Waals surface area contributed by atoms with Crippen molar-refractivity contribution in [2.45, 2.75) is 6.92 Å². The van der Waals surface area contributed by atoms with Crippen molar-refractivity contribution in [1.82, 2.24) is 5.32 Å². The van der Waals surface area contributed by atoms with E-state index >= 15 is 0 Å². The Labute approximate surface area is 94.0 Å². The van der Waals surface area contributed by atoms with Crippen LogP contribution in [0, 0.1) is 0 Å². The highest BCUT2D eigenvalue weighted by Crippen LogP contribution is 2.17. The van der Waals surface area contributed by atoms with Crippen LogP contribution in [0.4, 0.5) is 4.79 Å². The number of nitrogens with one attached hydrogen (secondary N) is 1. The maximum Gasteiger partial charge on any atom is 0.412 e. The van der Waals surface area contributed by atoms with Crippen molar-refractivity contribution in [3.63, 3.8) is 0 Å². The third kappa shape index (κ3) is 4.18. The van der Waals surface area contributed by atoms with Gasteiger partial charge in [0.2, 0.25) is 0 Å². The first kappa shape index (κ1) is 12.3. The molecule has 0 aromatic heterocycles. The van der Waals surface area contributed by atoms with Crippen LogP contribution in [0.25, 0.3) is 0 Å². The highest BCUT2D eigenvalue weighted by molar-refractivity contribution is 5.70. The second-order valence-corrected chi connectivity index (χ2v) is 2.94. The fourth-order valence-corrected chi connectivity index (χ4v) is 1.07. The van der Waals surface area contributed by atoms with E-state index < -0.39 is 6.09 Å². The molecular formula is C11H15NO4. The minimum Gasteiger partial charge on any atom is -0.494 e. The molecule has 0 aliphatic carbocycles. The molecule has 0 saturated carbocycles. The van der Waals surface area contributed by atoms with Gasteiger partial charge in [-0.15, -0.1) is 0 Å². The first-order chi connectivity index (χ1) is 7.76. The first-order valence-corrected chi connectivity index (χ1v) is 5.05. The lowest BCUT2D eigenvalue weighted by atomic mass is 10.3. The lowest BCUT2D eigenvalue weighted by molar-refractivity contribution is 0.195. The number of aliphatic hydroxyl groups is 1. The summed E-state index contributed by atoms with van der Waals surface area (Å²) in [5.74, 6) is 1.16. The molecule has 0 spiro atoms. The van der Waals surface area contributed by atoms with Crippen molar-refractivity contribution in [3.05, 3.63) is 24.3 Å². The molecule has 0 fully saturated rings. The minimum atomic E-state index is -0.585. The summed E-state index contributed by atoms with van der Waals surface area (Å²) in [6.45, 7) is 2.55. The Morgan fingerprint density at radius 2 is 1.94 bits per heavy atom. The van der Waals surface area contributed by atoms with Gasteiger partial charge in [0.25, 0.3) is 0 Å². The molecule has 0 bridgehead atoms. The molecule has 0 radical (unpaired) electrons. The van der Waals surface area contributed by atoms with Crippen LogP contribution in [0.15, 0.2) is 24.3 Å². The molecule has 1 rings (SSSR count). The fourth-order valence-electron chi connectivity index (χ4n) is 1.07. The summed E-state index contributed by atoms with van der Waals surface area (Å²) in [7, 11) is 0. The van der Waals surface area contributed by atoms with E-state index in [-0.39, 0.29) is 13.2 Å². The van der Waals surface area contributed by atoms with Gasteiger partial charge in [-0.3, -0.25) is 0 Å². The number of ether oxygens (including phenoxy) is 2. The zero-order chi connectivity index (χ0) is 11.8. The summed E-state index contributed by atoms with van der Waals surface area (Å²) in [6.07, 6.45) is -0.585. The Bertz CT molecular complexity index is 323. The number of rotatable bonds is 5. The van der Waals surface area contributed by atoms with Crippen LogP contribution < -0.4 is 14.8 Å². The number of carbonyl (C=O) groups excluding carboxylic acids is 1. The molecule has 0 atom stereocenters. The van der Waals surface area contributed by atoms with E-state index in [0.717, 1.165) is 5.75 Å². The SMILES string of the molecule is CCOc1ccc(OC(=O)NCCO)cc1. The zero-order valence-corrected chi connectivity index (χ0v) is 9.10. The van der Waals surface area contributed by atoms with E-state index in [1.54, 1.807) is 24.3 Å². The smallest absolute Gasteiger partial charge is 0.412 e. The van der Waals surface area contributed by atoms with Gasteiger partial charge in [0.15, 0.2) is 0 Å². The molecule has 0 unspecified atom stereocenters. The number of amides is 1. The van der Waals surface area contributed by atoms with Crippen molar-refractivity contribution in [3.8, 4) is 11.5 Å². The highest BCUT2D eigenvalue weighted by Gasteiger charge is 2.02. The van der Waals surface area contributed by atoms with Crippen LogP contribution in [-0.2, 0) is 0 Å². The van der Waals surface area contributed by atoms with Gasteiger partial charge in [0, 0.05) is 6.54 Å². The summed E-state index contributed by atoms with van der Waals surface area (Å²) in [5.41, 5.74) is 0. The predicted octanol–water partition coefficient (Wildman–Crippen LogP) is 1.17. The summed E-state index contributed by atoms with van der Waals surface area (Å²) < 4.78 is 10.2. The summed E-state index contributed by atoms with van der Waals surface area (Å²) in [5, 5.41) is 10.9. The van der Waals surface area contributed by atoms with Gasteiger partial charge >= 0.3 is 6.09 Å². The molecular weight excluding hydrogens is 210 g/mol. The average molecular weight is 225 g/mol. The maximum absolute atomic E-state index is 11.1. The highest BCUT2D eigenvalue weighted by atomic mass is 16.6. The molecule has 0 aliphatic rings. The molecule has 88 valence electrons. The summed E-state index contributed by atoms with van der Waals surface area (Å²) in [4.78, 5) is 11.1. The third-order valence-electron chi connectivity index (χ3n) is 1.73. The molecule has 0 heterocycles. The second kappa shape index (κ2) is 6.68. The normalized spacial score (nSPS) is 9.62. The standard InChI is InChI=1S/C11H15NO4/c1-2-15-9-3-5-10(6-4-9)16-11(14)12-7-8-13/h3-6,13H,2,7-8H2,1H3,(H,12,14). The van der Waals surface area contributed by atoms with E-state index in [0.29, 0.717) is 12.4 Å². The van der Waals surface area contributed by atoms with Gasteiger partial charge in [-0.05, 0) is 31.2 Å². The van der Waals surface area contributed by atoms with Crippen molar-refractivity contribution in [2.75, 3.05) is 19.8 Å². The van der Waals surface area contributed by atoms with Gasteiger partial charge < -0.3 is 19.9 Å². The molecule has 16 heavy (non-hydrogen) atoms. The van der Waals surface area contributed by atoms with Crippen LogP contribution in [0.3, 0.4) is 0 Å². The lowest BCUT2D eigenvalue weighted by Crippen LogP contribution is -2.29. The lowest BCUT2D eigenvalue weighted by Gasteiger charge is -2.06. The van der Waals surface area contributed by atoms with E-state index in [2.05, 4.69) is 5.32 Å². The molecule has 1 aromatic carbocycles. The zero-order valence-electron chi connectivity index (χ0n) is 9.10. The topological polar surface area (TPSA) is 67.8 Å². The van der Waals surface area contributed by atoms with E-state index in [9.17, 15) is 4.79 Å². The van der Waals surface area contributed by atoms with Gasteiger partial charge in [0.1, 0.15) is 11.5 Å². The number of aliphatic hydroxyl groups excluding tert-OH is 1. The quantitative estimate of drug-likeness (QED) is 0.789. The molecule has 2 N–H and O–H groups in total. The van der Waals surface area contributed by atoms with Gasteiger partial charge in [-0.25, -0.2) is 4.79 Å². The summed E-state index contributed by atoms with van der Waals surface area (Å²) >= 11 is 0. The van der Waals surface area contributed by atoms with E-state index in [1.165, 1.54) is 0 Å². The molecule has 0 aliphatic heterocycles. The Balaban J connectivity index is 2.45. The third-order valence-corrected chi connectivity index (χ3v) is 1.73. The number of carbonyl (C=O) groups is 1. The van der Waals surface area contributed by atoms with Crippen LogP contribution in [-0.4, -0.2) is 31.0 Å². The molecule has 1 amide bonds. The van der Waals surface area contributed by atoms with Crippen molar-refractivity contribution in [1.29, 1.82) is 0 Å². The summed E-state index contributed by atoms with van der Waals surface area (Å²) in [6, 6.07) is 6.73. The number of hydrogen-bond acceptors (Lipinski definition) is 4. The van der Waals surface area contributed by atoms with Crippen molar-refractivity contribution in [2.24, 2.45) is 0 Å². The molecule has 0 saturated heterocycles. The van der Waals surface area contributed by atoms with Crippen LogP contribution in [0.5, 0.6) is 11.5 Å². The maximum atomic E-state index is 11.1. The number of benzene rings is 1. The van der Waals surface area contributed by atoms with Crippen molar-refractivity contribution < 1.29 is 19.4 Å². The van der Waals surface area contributed by atoms with Crippen LogP contribution >= 0.6 is 0 Å². The van der Waals surface area contributed by atoms with Crippen LogP contribution in [0.2, 0.25) is 0 Å². The Morgan fingerprint density at radius 3 is 2.50 bits per heavy atom. The minimum absolute atomic E-state index is 0.113. The Hall–Kier alpha value is -1.75. The first-order valence-electron chi connectivity index (χ1n) is 5.05. The second-order valence-electron chi connectivity index (χ2n) is 2.94. The number of hydrogen-bond donors (Lipinski definition) is 2. The van der Waals surface area contributed by atoms with Gasteiger partial charge in [-0.2, -0.15) is 0 Å². The monoisotopic (exact) mass is 225 g/mol. The van der Waals surface area contributed by atoms with E-state index in [1.807, 2.05) is 6.92 Å². The van der Waals surface area contributed by atoms with E-state index in [4.69, 9.17) is 14.6 Å². The molecule has 1 aromatic rings. The fraction of sp³-hybridized carbons (Fsp3) is 0.364. The molecule has 5 nitrogen and oxygen atoms in total. The Morgan fingerprint density at radius 1 is 1.31 bits per heavy atom. The van der Waals surface area contributed by atoms with Gasteiger partial charge in [-0.1, -0.05) is 0 Å². The molecule has 5 heteroatoms. The Kier molecular flexibility index (Phi) is 5.15. The average Bonchev–Trinajstić information content (AvgIpc) is 2.29. The predicted molar refractivity (Wildman–Crippen MR) is 58.7 cm³/mol. The van der Waals surface area contributed by atoms with Gasteiger partial charge in [0.05, 0.1) is 13.2 Å². The van der Waals surface area contributed by atoms with Crippen molar-refractivity contribution >= 4 is 6.09 Å².